The number of nitrogens with zero attached hydrogens (tertiary/aromatic N) is 2. The summed E-state index contributed by atoms with van der Waals surface area (Å²) in [5.41, 5.74) is 0.831. The molecule has 2 rings (SSSR count). The van der Waals surface area contributed by atoms with Gasteiger partial charge in [-0.3, -0.25) is 4.79 Å². The van der Waals surface area contributed by atoms with Gasteiger partial charge in [-0.2, -0.15) is 0 Å². The lowest BCUT2D eigenvalue weighted by Gasteiger charge is -2.09. The third-order valence-electron chi connectivity index (χ3n) is 3.20. The van der Waals surface area contributed by atoms with Crippen LogP contribution in [0, 0.1) is 0 Å². The van der Waals surface area contributed by atoms with Gasteiger partial charge >= 0.3 is 5.97 Å². The summed E-state index contributed by atoms with van der Waals surface area (Å²) in [6.07, 6.45) is 4.26. The molecule has 1 aromatic heterocycles. The Morgan fingerprint density at radius 1 is 1.29 bits per heavy atom. The number of carbonyl (C=O) groups is 1. The molecular formula is C15H19N3O3. The highest BCUT2D eigenvalue weighted by molar-refractivity contribution is 5.89. The zero-order valence-electron chi connectivity index (χ0n) is 12.0. The monoisotopic (exact) mass is 289 g/mol. The lowest BCUT2D eigenvalue weighted by molar-refractivity contribution is -0.137. The third-order valence-corrected chi connectivity index (χ3v) is 3.20. The smallest absolute Gasteiger partial charge is 0.303 e. The fourth-order valence-corrected chi connectivity index (χ4v) is 2.09. The molecular weight excluding hydrogens is 270 g/mol. The second-order valence-electron chi connectivity index (χ2n) is 4.74. The fourth-order valence-electron chi connectivity index (χ4n) is 2.09. The van der Waals surface area contributed by atoms with Gasteiger partial charge in [0.25, 0.3) is 0 Å². The van der Waals surface area contributed by atoms with Crippen molar-refractivity contribution in [3.8, 4) is 5.75 Å². The van der Waals surface area contributed by atoms with E-state index in [-0.39, 0.29) is 6.42 Å². The second kappa shape index (κ2) is 7.42. The van der Waals surface area contributed by atoms with Crippen LogP contribution in [0.25, 0.3) is 10.9 Å². The van der Waals surface area contributed by atoms with E-state index in [0.717, 1.165) is 41.9 Å². The molecule has 6 heteroatoms. The Morgan fingerprint density at radius 2 is 2.14 bits per heavy atom. The Hall–Kier alpha value is -2.37. The van der Waals surface area contributed by atoms with Gasteiger partial charge in [-0.15, -0.1) is 0 Å². The molecule has 21 heavy (non-hydrogen) atoms. The van der Waals surface area contributed by atoms with Crippen LogP contribution in [0.1, 0.15) is 25.7 Å². The van der Waals surface area contributed by atoms with E-state index >= 15 is 0 Å². The number of aliphatic carboxylic acids is 1. The average Bonchev–Trinajstić information content (AvgIpc) is 2.49. The minimum Gasteiger partial charge on any atom is -0.497 e. The highest BCUT2D eigenvalue weighted by atomic mass is 16.5. The molecule has 0 aliphatic carbocycles. The first kappa shape index (κ1) is 15.0. The molecule has 112 valence electrons. The minimum atomic E-state index is -0.737. The molecule has 0 atom stereocenters. The van der Waals surface area contributed by atoms with E-state index in [4.69, 9.17) is 9.84 Å². The maximum absolute atomic E-state index is 10.4. The lowest BCUT2D eigenvalue weighted by Crippen LogP contribution is -2.05. The second-order valence-corrected chi connectivity index (χ2v) is 4.74. The van der Waals surface area contributed by atoms with Crippen molar-refractivity contribution < 1.29 is 14.6 Å². The molecule has 2 N–H and O–H groups in total. The SMILES string of the molecule is COc1ccc2c(NCCCCCC(=O)O)ncnc2c1. The molecule has 0 saturated heterocycles. The van der Waals surface area contributed by atoms with E-state index in [2.05, 4.69) is 15.3 Å². The highest BCUT2D eigenvalue weighted by Crippen LogP contribution is 2.23. The van der Waals surface area contributed by atoms with Crippen LogP contribution in [0.4, 0.5) is 5.82 Å². The van der Waals surface area contributed by atoms with Gasteiger partial charge in [-0.1, -0.05) is 6.42 Å². The van der Waals surface area contributed by atoms with Crippen LogP contribution in [0.2, 0.25) is 0 Å². The number of anilines is 1. The molecule has 1 heterocycles. The van der Waals surface area contributed by atoms with Crippen LogP contribution < -0.4 is 10.1 Å². The van der Waals surface area contributed by atoms with Crippen molar-refractivity contribution in [3.05, 3.63) is 24.5 Å². The predicted molar refractivity (Wildman–Crippen MR) is 80.7 cm³/mol. The number of hydrogen-bond donors (Lipinski definition) is 2. The van der Waals surface area contributed by atoms with Crippen molar-refractivity contribution >= 4 is 22.7 Å². The zero-order valence-corrected chi connectivity index (χ0v) is 12.0. The quantitative estimate of drug-likeness (QED) is 0.727. The summed E-state index contributed by atoms with van der Waals surface area (Å²) in [6.45, 7) is 0.762. The number of aromatic nitrogens is 2. The molecule has 2 aromatic rings. The van der Waals surface area contributed by atoms with Crippen molar-refractivity contribution in [2.45, 2.75) is 25.7 Å². The van der Waals surface area contributed by atoms with Gasteiger partial charge in [-0.05, 0) is 25.0 Å². The normalized spacial score (nSPS) is 10.5. The Morgan fingerprint density at radius 3 is 2.90 bits per heavy atom. The highest BCUT2D eigenvalue weighted by Gasteiger charge is 2.04. The van der Waals surface area contributed by atoms with Crippen molar-refractivity contribution in [2.24, 2.45) is 0 Å². The summed E-state index contributed by atoms with van der Waals surface area (Å²) in [7, 11) is 1.62. The van der Waals surface area contributed by atoms with Crippen LogP contribution in [0.5, 0.6) is 5.75 Å². The van der Waals surface area contributed by atoms with Gasteiger partial charge in [0.05, 0.1) is 12.6 Å². The third kappa shape index (κ3) is 4.30. The standard InChI is InChI=1S/C15H19N3O3/c1-21-11-6-7-12-13(9-11)17-10-18-15(12)16-8-4-2-3-5-14(19)20/h6-7,9-10H,2-5,8H2,1H3,(H,19,20)(H,16,17,18). The van der Waals surface area contributed by atoms with Crippen molar-refractivity contribution in [1.82, 2.24) is 9.97 Å². The largest absolute Gasteiger partial charge is 0.497 e. The number of benzene rings is 1. The summed E-state index contributed by atoms with van der Waals surface area (Å²) in [5.74, 6) is 0.820. The van der Waals surface area contributed by atoms with E-state index in [1.54, 1.807) is 7.11 Å². The van der Waals surface area contributed by atoms with E-state index in [9.17, 15) is 4.79 Å². The van der Waals surface area contributed by atoms with Crippen LogP contribution in [-0.4, -0.2) is 34.7 Å². The van der Waals surface area contributed by atoms with Crippen molar-refractivity contribution in [3.63, 3.8) is 0 Å². The summed E-state index contributed by atoms with van der Waals surface area (Å²) >= 11 is 0. The van der Waals surface area contributed by atoms with Gasteiger partial charge in [0.15, 0.2) is 0 Å². The first-order valence-electron chi connectivity index (χ1n) is 6.95. The molecule has 0 aliphatic heterocycles. The van der Waals surface area contributed by atoms with Gasteiger partial charge in [0.1, 0.15) is 17.9 Å². The van der Waals surface area contributed by atoms with Crippen LogP contribution in [-0.2, 0) is 4.79 Å². The van der Waals surface area contributed by atoms with Gasteiger partial charge in [-0.25, -0.2) is 9.97 Å². The molecule has 0 amide bonds. The van der Waals surface area contributed by atoms with Gasteiger partial charge in [0.2, 0.25) is 0 Å². The summed E-state index contributed by atoms with van der Waals surface area (Å²) in [4.78, 5) is 18.9. The summed E-state index contributed by atoms with van der Waals surface area (Å²) in [5, 5.41) is 12.8. The zero-order chi connectivity index (χ0) is 15.1. The number of rotatable bonds is 8. The molecule has 0 aliphatic rings. The summed E-state index contributed by atoms with van der Waals surface area (Å²) < 4.78 is 5.18. The van der Waals surface area contributed by atoms with Crippen LogP contribution in [0.3, 0.4) is 0 Å². The molecule has 0 spiro atoms. The number of hydrogen-bond acceptors (Lipinski definition) is 5. The Balaban J connectivity index is 1.91. The predicted octanol–water partition coefficient (Wildman–Crippen LogP) is 2.70. The molecule has 0 saturated carbocycles. The lowest BCUT2D eigenvalue weighted by atomic mass is 10.2. The maximum Gasteiger partial charge on any atom is 0.303 e. The van der Waals surface area contributed by atoms with E-state index in [1.807, 2.05) is 18.2 Å². The minimum absolute atomic E-state index is 0.232. The van der Waals surface area contributed by atoms with Gasteiger partial charge in [0, 0.05) is 24.4 Å². The maximum atomic E-state index is 10.4. The van der Waals surface area contributed by atoms with E-state index in [1.165, 1.54) is 6.33 Å². The van der Waals surface area contributed by atoms with Gasteiger partial charge < -0.3 is 15.2 Å². The number of carboxylic acid groups (broad SMARTS) is 1. The van der Waals surface area contributed by atoms with E-state index < -0.39 is 5.97 Å². The number of unbranched alkanes of at least 4 members (excludes halogenated alkanes) is 2. The number of carboxylic acids is 1. The van der Waals surface area contributed by atoms with Crippen molar-refractivity contribution in [1.29, 1.82) is 0 Å². The number of nitrogens with one attached hydrogen (secondary N) is 1. The number of methoxy groups -OCH3 is 1. The number of fused-ring (bicyclic) bond motifs is 1. The first-order valence-corrected chi connectivity index (χ1v) is 6.95. The molecule has 0 unspecified atom stereocenters. The van der Waals surface area contributed by atoms with Crippen LogP contribution >= 0.6 is 0 Å². The molecule has 0 radical (unpaired) electrons. The topological polar surface area (TPSA) is 84.3 Å². The molecule has 0 bridgehead atoms. The van der Waals surface area contributed by atoms with Crippen LogP contribution in [0.15, 0.2) is 24.5 Å². The molecule has 6 nitrogen and oxygen atoms in total. The Bertz CT molecular complexity index is 616. The van der Waals surface area contributed by atoms with Crippen molar-refractivity contribution in [2.75, 3.05) is 19.0 Å². The average molecular weight is 289 g/mol. The summed E-state index contributed by atoms with van der Waals surface area (Å²) in [6, 6.07) is 5.68. The Kier molecular flexibility index (Phi) is 5.31. The Labute approximate surface area is 123 Å². The van der Waals surface area contributed by atoms with E-state index in [0.29, 0.717) is 6.42 Å². The molecule has 1 aromatic carbocycles. The fraction of sp³-hybridized carbons (Fsp3) is 0.400. The first-order chi connectivity index (χ1) is 10.2. The number of ether oxygens (including phenoxy) is 1. The molecule has 0 fully saturated rings.